The lowest BCUT2D eigenvalue weighted by atomic mass is 10.1. The molecule has 0 spiro atoms. The summed E-state index contributed by atoms with van der Waals surface area (Å²) in [4.78, 5) is 16.7. The van der Waals surface area contributed by atoms with E-state index in [0.717, 1.165) is 44.1 Å². The fourth-order valence-electron chi connectivity index (χ4n) is 3.04. The number of piperazine rings is 1. The van der Waals surface area contributed by atoms with E-state index in [1.807, 2.05) is 47.3 Å². The van der Waals surface area contributed by atoms with Gasteiger partial charge in [-0.3, -0.25) is 0 Å². The van der Waals surface area contributed by atoms with Crippen LogP contribution in [0.1, 0.15) is 17.3 Å². The maximum Gasteiger partial charge on any atom is 0.337 e. The maximum atomic E-state index is 11.9. The van der Waals surface area contributed by atoms with Crippen LogP contribution < -0.4 is 4.90 Å². The summed E-state index contributed by atoms with van der Waals surface area (Å²) < 4.78 is 6.90. The standard InChI is InChI=1S/C18H23N3O2/c1-3-19-10-12-21(13-11-19)16-7-6-15(18(22)23-2)14-17(16)20-8-4-5-9-20/h4-9,14H,3,10-13H2,1-2H3. The lowest BCUT2D eigenvalue weighted by Gasteiger charge is -2.36. The maximum absolute atomic E-state index is 11.9. The van der Waals surface area contributed by atoms with Crippen LogP contribution in [0.5, 0.6) is 0 Å². The number of benzene rings is 1. The van der Waals surface area contributed by atoms with Crippen LogP contribution >= 0.6 is 0 Å². The second-order valence-corrected chi connectivity index (χ2v) is 5.71. The minimum atomic E-state index is -0.305. The second-order valence-electron chi connectivity index (χ2n) is 5.71. The molecule has 3 rings (SSSR count). The molecular formula is C18H23N3O2. The van der Waals surface area contributed by atoms with Gasteiger partial charge in [-0.05, 0) is 36.9 Å². The molecule has 0 bridgehead atoms. The van der Waals surface area contributed by atoms with Gasteiger partial charge in [-0.1, -0.05) is 6.92 Å². The number of carbonyl (C=O) groups excluding carboxylic acids is 1. The van der Waals surface area contributed by atoms with E-state index in [0.29, 0.717) is 5.56 Å². The van der Waals surface area contributed by atoms with Crippen LogP contribution in [0.25, 0.3) is 5.69 Å². The van der Waals surface area contributed by atoms with Crippen molar-refractivity contribution in [1.82, 2.24) is 9.47 Å². The number of aromatic nitrogens is 1. The van der Waals surface area contributed by atoms with Crippen LogP contribution in [0.15, 0.2) is 42.7 Å². The van der Waals surface area contributed by atoms with Gasteiger partial charge >= 0.3 is 5.97 Å². The van der Waals surface area contributed by atoms with Crippen molar-refractivity contribution in [1.29, 1.82) is 0 Å². The molecule has 1 aromatic carbocycles. The molecule has 0 aliphatic carbocycles. The number of ether oxygens (including phenoxy) is 1. The van der Waals surface area contributed by atoms with E-state index in [-0.39, 0.29) is 5.97 Å². The van der Waals surface area contributed by atoms with Crippen molar-refractivity contribution < 1.29 is 9.53 Å². The minimum Gasteiger partial charge on any atom is -0.465 e. The zero-order valence-corrected chi connectivity index (χ0v) is 13.7. The first-order chi connectivity index (χ1) is 11.2. The number of hydrogen-bond acceptors (Lipinski definition) is 4. The average Bonchev–Trinajstić information content (AvgIpc) is 3.15. The molecule has 1 aliphatic heterocycles. The molecule has 1 fully saturated rings. The monoisotopic (exact) mass is 313 g/mol. The van der Waals surface area contributed by atoms with Crippen LogP contribution in [0.4, 0.5) is 5.69 Å². The highest BCUT2D eigenvalue weighted by atomic mass is 16.5. The van der Waals surface area contributed by atoms with Crippen LogP contribution in [0.3, 0.4) is 0 Å². The summed E-state index contributed by atoms with van der Waals surface area (Å²) in [5, 5.41) is 0. The van der Waals surface area contributed by atoms with Crippen molar-refractivity contribution in [2.24, 2.45) is 0 Å². The quantitative estimate of drug-likeness (QED) is 0.813. The Morgan fingerprint density at radius 3 is 2.39 bits per heavy atom. The van der Waals surface area contributed by atoms with Crippen LogP contribution in [-0.2, 0) is 4.74 Å². The summed E-state index contributed by atoms with van der Waals surface area (Å²) in [6.45, 7) is 7.44. The van der Waals surface area contributed by atoms with Crippen molar-refractivity contribution in [2.45, 2.75) is 6.92 Å². The normalized spacial score (nSPS) is 15.7. The zero-order valence-electron chi connectivity index (χ0n) is 13.7. The molecule has 1 saturated heterocycles. The van der Waals surface area contributed by atoms with Crippen LogP contribution in [0, 0.1) is 0 Å². The van der Waals surface area contributed by atoms with Crippen molar-refractivity contribution in [3.8, 4) is 5.69 Å². The molecule has 5 nitrogen and oxygen atoms in total. The Balaban J connectivity index is 1.95. The van der Waals surface area contributed by atoms with Crippen molar-refractivity contribution >= 4 is 11.7 Å². The van der Waals surface area contributed by atoms with Crippen LogP contribution in [0.2, 0.25) is 0 Å². The minimum absolute atomic E-state index is 0.305. The van der Waals surface area contributed by atoms with Gasteiger partial charge in [0.05, 0.1) is 24.0 Å². The lowest BCUT2D eigenvalue weighted by Crippen LogP contribution is -2.46. The van der Waals surface area contributed by atoms with E-state index in [1.54, 1.807) is 0 Å². The summed E-state index contributed by atoms with van der Waals surface area (Å²) in [6.07, 6.45) is 4.00. The van der Waals surface area contributed by atoms with E-state index in [1.165, 1.54) is 7.11 Å². The molecule has 23 heavy (non-hydrogen) atoms. The summed E-state index contributed by atoms with van der Waals surface area (Å²) in [5.74, 6) is -0.305. The van der Waals surface area contributed by atoms with Gasteiger partial charge in [-0.25, -0.2) is 4.79 Å². The Morgan fingerprint density at radius 1 is 1.09 bits per heavy atom. The molecule has 2 aromatic rings. The molecule has 0 amide bonds. The third kappa shape index (κ3) is 3.24. The number of rotatable bonds is 4. The van der Waals surface area contributed by atoms with Crippen LogP contribution in [-0.4, -0.2) is 55.3 Å². The van der Waals surface area contributed by atoms with Gasteiger partial charge in [0.15, 0.2) is 0 Å². The topological polar surface area (TPSA) is 37.7 Å². The van der Waals surface area contributed by atoms with Crippen molar-refractivity contribution in [3.63, 3.8) is 0 Å². The molecule has 1 aliphatic rings. The lowest BCUT2D eigenvalue weighted by molar-refractivity contribution is 0.0600. The second kappa shape index (κ2) is 6.87. The summed E-state index contributed by atoms with van der Waals surface area (Å²) >= 11 is 0. The molecule has 0 radical (unpaired) electrons. The Bertz CT molecular complexity index is 659. The van der Waals surface area contributed by atoms with Gasteiger partial charge < -0.3 is 19.1 Å². The number of esters is 1. The number of likely N-dealkylation sites (N-methyl/N-ethyl adjacent to an activating group) is 1. The Hall–Kier alpha value is -2.27. The molecule has 5 heteroatoms. The predicted molar refractivity (Wildman–Crippen MR) is 91.4 cm³/mol. The third-order valence-corrected chi connectivity index (χ3v) is 4.44. The Labute approximate surface area is 137 Å². The summed E-state index contributed by atoms with van der Waals surface area (Å²) in [7, 11) is 1.41. The summed E-state index contributed by atoms with van der Waals surface area (Å²) in [6, 6.07) is 9.77. The van der Waals surface area contributed by atoms with Gasteiger partial charge in [0.25, 0.3) is 0 Å². The number of carbonyl (C=O) groups is 1. The fourth-order valence-corrected chi connectivity index (χ4v) is 3.04. The molecule has 0 unspecified atom stereocenters. The molecule has 0 saturated carbocycles. The van der Waals surface area contributed by atoms with E-state index < -0.39 is 0 Å². The molecule has 122 valence electrons. The van der Waals surface area contributed by atoms with Gasteiger partial charge in [0.1, 0.15) is 0 Å². The zero-order chi connectivity index (χ0) is 16.2. The molecular weight excluding hydrogens is 290 g/mol. The van der Waals surface area contributed by atoms with Gasteiger partial charge in [-0.2, -0.15) is 0 Å². The predicted octanol–water partition coefficient (Wildman–Crippen LogP) is 2.41. The van der Waals surface area contributed by atoms with Gasteiger partial charge in [0, 0.05) is 38.6 Å². The molecule has 2 heterocycles. The highest BCUT2D eigenvalue weighted by Gasteiger charge is 2.20. The van der Waals surface area contributed by atoms with Gasteiger partial charge in [-0.15, -0.1) is 0 Å². The number of anilines is 1. The summed E-state index contributed by atoms with van der Waals surface area (Å²) in [5.41, 5.74) is 2.75. The smallest absolute Gasteiger partial charge is 0.337 e. The number of nitrogens with zero attached hydrogens (tertiary/aromatic N) is 3. The number of methoxy groups -OCH3 is 1. The van der Waals surface area contributed by atoms with E-state index in [4.69, 9.17) is 4.74 Å². The molecule has 0 N–H and O–H groups in total. The average molecular weight is 313 g/mol. The van der Waals surface area contributed by atoms with E-state index in [2.05, 4.69) is 16.7 Å². The highest BCUT2D eigenvalue weighted by molar-refractivity contribution is 5.91. The SMILES string of the molecule is CCN1CCN(c2ccc(C(=O)OC)cc2-n2cccc2)CC1. The van der Waals surface area contributed by atoms with Crippen molar-refractivity contribution in [2.75, 3.05) is 44.7 Å². The Kier molecular flexibility index (Phi) is 4.67. The number of hydrogen-bond donors (Lipinski definition) is 0. The fraction of sp³-hybridized carbons (Fsp3) is 0.389. The first-order valence-electron chi connectivity index (χ1n) is 8.06. The van der Waals surface area contributed by atoms with E-state index in [9.17, 15) is 4.79 Å². The van der Waals surface area contributed by atoms with Crippen molar-refractivity contribution in [3.05, 3.63) is 48.3 Å². The Morgan fingerprint density at radius 2 is 1.78 bits per heavy atom. The molecule has 0 atom stereocenters. The first-order valence-corrected chi connectivity index (χ1v) is 8.06. The third-order valence-electron chi connectivity index (χ3n) is 4.44. The van der Waals surface area contributed by atoms with E-state index >= 15 is 0 Å². The first kappa shape index (κ1) is 15.6. The largest absolute Gasteiger partial charge is 0.465 e. The van der Waals surface area contributed by atoms with Gasteiger partial charge in [0.2, 0.25) is 0 Å². The molecule has 1 aromatic heterocycles. The highest BCUT2D eigenvalue weighted by Crippen LogP contribution is 2.27.